The van der Waals surface area contributed by atoms with Gasteiger partial charge in [0, 0.05) is 23.9 Å². The summed E-state index contributed by atoms with van der Waals surface area (Å²) >= 11 is 0. The monoisotopic (exact) mass is 391 g/mol. The van der Waals surface area contributed by atoms with Gasteiger partial charge in [0.1, 0.15) is 5.82 Å². The Bertz CT molecular complexity index is 716. The number of nitrogens with zero attached hydrogens (tertiary/aromatic N) is 2. The number of carboxylic acids is 2. The van der Waals surface area contributed by atoms with Gasteiger partial charge in [-0.3, -0.25) is 9.69 Å². The van der Waals surface area contributed by atoms with E-state index < -0.39 is 11.9 Å². The summed E-state index contributed by atoms with van der Waals surface area (Å²) < 4.78 is 0. The summed E-state index contributed by atoms with van der Waals surface area (Å²) in [4.78, 5) is 41.3. The lowest BCUT2D eigenvalue weighted by atomic mass is 9.85. The van der Waals surface area contributed by atoms with Crippen molar-refractivity contribution in [1.82, 2.24) is 14.9 Å². The number of hydrogen-bond acceptors (Lipinski definition) is 5. The van der Waals surface area contributed by atoms with Gasteiger partial charge in [0.15, 0.2) is 0 Å². The van der Waals surface area contributed by atoms with E-state index in [2.05, 4.69) is 14.9 Å². The number of likely N-dealkylation sites (tertiary alicyclic amines) is 1. The van der Waals surface area contributed by atoms with Crippen molar-refractivity contribution in [3.05, 3.63) is 40.1 Å². The largest absolute Gasteiger partial charge is 0.478 e. The van der Waals surface area contributed by atoms with Crippen LogP contribution in [0.3, 0.4) is 0 Å². The number of piperidine rings is 1. The molecule has 1 aromatic heterocycles. The third-order valence-electron chi connectivity index (χ3n) is 5.12. The molecule has 1 saturated heterocycles. The van der Waals surface area contributed by atoms with Crippen LogP contribution in [-0.2, 0) is 16.1 Å². The predicted molar refractivity (Wildman–Crippen MR) is 104 cm³/mol. The highest BCUT2D eigenvalue weighted by Gasteiger charge is 2.19. The van der Waals surface area contributed by atoms with Crippen LogP contribution in [0.4, 0.5) is 0 Å². The molecule has 8 heteroatoms. The molecule has 0 aromatic carbocycles. The van der Waals surface area contributed by atoms with Crippen LogP contribution in [0.5, 0.6) is 0 Å². The molecule has 0 spiro atoms. The van der Waals surface area contributed by atoms with Gasteiger partial charge in [-0.15, -0.1) is 0 Å². The fourth-order valence-electron chi connectivity index (χ4n) is 3.70. The van der Waals surface area contributed by atoms with E-state index in [4.69, 9.17) is 10.2 Å². The number of carboxylic acid groups (broad SMARTS) is 2. The average Bonchev–Trinajstić information content (AvgIpc) is 2.68. The third kappa shape index (κ3) is 7.64. The Morgan fingerprint density at radius 3 is 2.14 bits per heavy atom. The van der Waals surface area contributed by atoms with Crippen molar-refractivity contribution in [3.8, 4) is 0 Å². The van der Waals surface area contributed by atoms with Crippen LogP contribution in [0.1, 0.15) is 68.7 Å². The molecule has 1 aliphatic carbocycles. The molecule has 0 atom stereocenters. The molecule has 28 heavy (non-hydrogen) atoms. The van der Waals surface area contributed by atoms with Gasteiger partial charge in [0.2, 0.25) is 0 Å². The molecule has 1 saturated carbocycles. The van der Waals surface area contributed by atoms with Crippen molar-refractivity contribution in [2.45, 2.75) is 63.8 Å². The first-order valence-electron chi connectivity index (χ1n) is 9.90. The zero-order chi connectivity index (χ0) is 20.4. The van der Waals surface area contributed by atoms with Gasteiger partial charge in [-0.25, -0.2) is 14.6 Å². The topological polar surface area (TPSA) is 124 Å². The number of nitrogens with one attached hydrogen (secondary N) is 1. The standard InChI is InChI=1S/C16H25N3O.C4H4O4/c20-16-14(13-7-3-1-4-8-13)11-17-15(18-16)12-19-9-5-2-6-10-19;5-3(6)1-2-4(7)8/h11,13H,1-10,12H2,(H,17,18,20);1-2H,(H,5,6)(H,7,8)/b;2-1-. The van der Waals surface area contributed by atoms with Crippen LogP contribution < -0.4 is 5.56 Å². The van der Waals surface area contributed by atoms with Crippen molar-refractivity contribution in [1.29, 1.82) is 0 Å². The van der Waals surface area contributed by atoms with Gasteiger partial charge in [-0.2, -0.15) is 0 Å². The number of hydrogen-bond donors (Lipinski definition) is 3. The Balaban J connectivity index is 0.000000300. The Kier molecular flexibility index (Phi) is 8.87. The second-order valence-corrected chi connectivity index (χ2v) is 7.30. The predicted octanol–water partition coefficient (Wildman–Crippen LogP) is 2.52. The molecule has 1 aliphatic heterocycles. The lowest BCUT2D eigenvalue weighted by molar-refractivity contribution is -0.134. The molecule has 0 bridgehead atoms. The molecule has 154 valence electrons. The second kappa shape index (κ2) is 11.4. The highest BCUT2D eigenvalue weighted by molar-refractivity contribution is 5.89. The first-order chi connectivity index (χ1) is 13.5. The SMILES string of the molecule is O=C(O)/C=C\C(=O)O.O=c1[nH]c(CN2CCCCC2)ncc1C1CCCCC1. The number of aliphatic carboxylic acids is 2. The van der Waals surface area contributed by atoms with Gasteiger partial charge in [0.05, 0.1) is 6.54 Å². The van der Waals surface area contributed by atoms with Gasteiger partial charge in [-0.05, 0) is 44.7 Å². The van der Waals surface area contributed by atoms with Gasteiger partial charge >= 0.3 is 11.9 Å². The van der Waals surface area contributed by atoms with Crippen molar-refractivity contribution in [2.75, 3.05) is 13.1 Å². The van der Waals surface area contributed by atoms with Crippen LogP contribution in [0.2, 0.25) is 0 Å². The third-order valence-corrected chi connectivity index (χ3v) is 5.12. The minimum Gasteiger partial charge on any atom is -0.478 e. The number of aromatic nitrogens is 2. The lowest BCUT2D eigenvalue weighted by Crippen LogP contribution is -2.31. The van der Waals surface area contributed by atoms with Crippen LogP contribution in [0, 0.1) is 0 Å². The maximum Gasteiger partial charge on any atom is 0.328 e. The van der Waals surface area contributed by atoms with E-state index >= 15 is 0 Å². The highest BCUT2D eigenvalue weighted by atomic mass is 16.4. The van der Waals surface area contributed by atoms with Gasteiger partial charge in [-0.1, -0.05) is 25.7 Å². The Hall–Kier alpha value is -2.48. The average molecular weight is 391 g/mol. The summed E-state index contributed by atoms with van der Waals surface area (Å²) in [5.74, 6) is -1.25. The van der Waals surface area contributed by atoms with E-state index in [-0.39, 0.29) is 5.56 Å². The molecule has 1 aromatic rings. The van der Waals surface area contributed by atoms with E-state index in [1.165, 1.54) is 38.5 Å². The van der Waals surface area contributed by atoms with E-state index in [0.29, 0.717) is 18.1 Å². The molecular formula is C20H29N3O5. The number of H-pyrrole nitrogens is 1. The summed E-state index contributed by atoms with van der Waals surface area (Å²) in [7, 11) is 0. The minimum absolute atomic E-state index is 0.0962. The summed E-state index contributed by atoms with van der Waals surface area (Å²) in [6.45, 7) is 3.06. The summed E-state index contributed by atoms with van der Waals surface area (Å²) in [6, 6.07) is 0. The van der Waals surface area contributed by atoms with Crippen LogP contribution >= 0.6 is 0 Å². The van der Waals surface area contributed by atoms with Crippen molar-refractivity contribution in [3.63, 3.8) is 0 Å². The smallest absolute Gasteiger partial charge is 0.328 e. The Morgan fingerprint density at radius 1 is 1.04 bits per heavy atom. The van der Waals surface area contributed by atoms with Crippen LogP contribution in [0.25, 0.3) is 0 Å². The Labute approximate surface area is 164 Å². The molecule has 0 radical (unpaired) electrons. The van der Waals surface area contributed by atoms with E-state index in [9.17, 15) is 14.4 Å². The molecule has 8 nitrogen and oxygen atoms in total. The van der Waals surface area contributed by atoms with E-state index in [1.807, 2.05) is 6.20 Å². The summed E-state index contributed by atoms with van der Waals surface area (Å²) in [6.07, 6.45) is 12.9. The van der Waals surface area contributed by atoms with Crippen LogP contribution in [0.15, 0.2) is 23.1 Å². The molecule has 2 fully saturated rings. The normalized spacial score (nSPS) is 18.4. The maximum absolute atomic E-state index is 12.3. The second-order valence-electron chi connectivity index (χ2n) is 7.30. The zero-order valence-electron chi connectivity index (χ0n) is 16.1. The number of rotatable bonds is 5. The van der Waals surface area contributed by atoms with Crippen molar-refractivity contribution in [2.24, 2.45) is 0 Å². The lowest BCUT2D eigenvalue weighted by Gasteiger charge is -2.26. The molecule has 3 rings (SSSR count). The summed E-state index contributed by atoms with van der Waals surface area (Å²) in [5, 5.41) is 15.6. The maximum atomic E-state index is 12.3. The number of carbonyl (C=O) groups is 2. The molecule has 2 heterocycles. The first kappa shape index (κ1) is 21.8. The molecule has 0 unspecified atom stereocenters. The van der Waals surface area contributed by atoms with Gasteiger partial charge < -0.3 is 15.2 Å². The van der Waals surface area contributed by atoms with Crippen LogP contribution in [-0.4, -0.2) is 50.1 Å². The molecule has 3 N–H and O–H groups in total. The molecule has 0 amide bonds. The van der Waals surface area contributed by atoms with E-state index in [1.54, 1.807) is 0 Å². The minimum atomic E-state index is -1.26. The fourth-order valence-corrected chi connectivity index (χ4v) is 3.70. The molecule has 2 aliphatic rings. The summed E-state index contributed by atoms with van der Waals surface area (Å²) in [5.41, 5.74) is 1.01. The van der Waals surface area contributed by atoms with E-state index in [0.717, 1.165) is 43.9 Å². The fraction of sp³-hybridized carbons (Fsp3) is 0.600. The highest BCUT2D eigenvalue weighted by Crippen LogP contribution is 2.30. The first-order valence-corrected chi connectivity index (χ1v) is 9.90. The quantitative estimate of drug-likeness (QED) is 0.659. The zero-order valence-corrected chi connectivity index (χ0v) is 16.1. The Morgan fingerprint density at radius 2 is 1.61 bits per heavy atom. The molecular weight excluding hydrogens is 362 g/mol. The van der Waals surface area contributed by atoms with Crippen molar-refractivity contribution >= 4 is 11.9 Å². The van der Waals surface area contributed by atoms with Crippen molar-refractivity contribution < 1.29 is 19.8 Å². The number of aromatic amines is 1. The van der Waals surface area contributed by atoms with Gasteiger partial charge in [0.25, 0.3) is 5.56 Å².